The van der Waals surface area contributed by atoms with Crippen LogP contribution in [0, 0.1) is 0 Å². The number of hydrogen-bond donors (Lipinski definition) is 1. The van der Waals surface area contributed by atoms with E-state index in [0.29, 0.717) is 17.4 Å². The van der Waals surface area contributed by atoms with Crippen molar-refractivity contribution in [2.45, 2.75) is 122 Å². The number of nitrogens with zero attached hydrogens (tertiary/aromatic N) is 1. The third kappa shape index (κ3) is 24.7. The summed E-state index contributed by atoms with van der Waals surface area (Å²) in [6, 6.07) is 0. The zero-order valence-corrected chi connectivity index (χ0v) is 22.6. The molecule has 0 amide bonds. The van der Waals surface area contributed by atoms with Crippen LogP contribution in [0.25, 0.3) is 0 Å². The van der Waals surface area contributed by atoms with E-state index in [9.17, 15) is 14.6 Å². The fourth-order valence-electron chi connectivity index (χ4n) is 3.65. The van der Waals surface area contributed by atoms with Gasteiger partial charge in [-0.3, -0.25) is 4.57 Å². The fraction of sp³-hybridized carbons (Fsp3) is 1.00. The Bertz CT molecular complexity index is 456. The van der Waals surface area contributed by atoms with Crippen molar-refractivity contribution in [1.29, 1.82) is 0 Å². The summed E-state index contributed by atoms with van der Waals surface area (Å²) in [6.45, 7) is 2.70. The number of hydrogen-bond acceptors (Lipinski definition) is 5. The van der Waals surface area contributed by atoms with E-state index in [4.69, 9.17) is 9.05 Å². The largest absolute Gasteiger partial charge is 0.756 e. The van der Waals surface area contributed by atoms with Gasteiger partial charge in [0, 0.05) is 0 Å². The number of quaternary nitrogens is 1. The number of rotatable bonds is 24. The molecule has 1 N–H and O–H groups in total. The number of phosphoric acid groups is 1. The van der Waals surface area contributed by atoms with Gasteiger partial charge in [-0.05, 0) is 6.42 Å². The van der Waals surface area contributed by atoms with E-state index >= 15 is 0 Å². The van der Waals surface area contributed by atoms with Crippen LogP contribution in [0.2, 0.25) is 0 Å². The molecule has 6 nitrogen and oxygen atoms in total. The van der Waals surface area contributed by atoms with Crippen molar-refractivity contribution in [2.24, 2.45) is 0 Å². The Kier molecular flexibility index (Phi) is 20.4. The molecule has 194 valence electrons. The van der Waals surface area contributed by atoms with Crippen LogP contribution in [0.5, 0.6) is 0 Å². The summed E-state index contributed by atoms with van der Waals surface area (Å²) in [5.74, 6) is 0. The van der Waals surface area contributed by atoms with Crippen LogP contribution in [0.1, 0.15) is 116 Å². The SMILES string of the molecule is CCCCCCCCCCCCCCCCCCC(O)COP(=O)([O-])OCC[N+](C)(C)C. The zero-order valence-electron chi connectivity index (χ0n) is 21.7. The van der Waals surface area contributed by atoms with Crippen molar-refractivity contribution in [3.05, 3.63) is 0 Å². The maximum absolute atomic E-state index is 11.7. The standard InChI is InChI=1S/C25H54NO5P/c1-5-6-7-8-9-10-11-12-13-14-15-16-17-18-19-20-21-25(27)24-31-32(28,29)30-23-22-26(2,3)4/h25,27H,5-24H2,1-4H3. The molecular formula is C25H54NO5P. The second-order valence-corrected chi connectivity index (χ2v) is 11.7. The van der Waals surface area contributed by atoms with Gasteiger partial charge in [0.25, 0.3) is 7.82 Å². The maximum atomic E-state index is 11.7. The zero-order chi connectivity index (χ0) is 24.1. The van der Waals surface area contributed by atoms with E-state index in [0.717, 1.165) is 12.8 Å². The Morgan fingerprint density at radius 3 is 1.56 bits per heavy atom. The smallest absolute Gasteiger partial charge is 0.268 e. The summed E-state index contributed by atoms with van der Waals surface area (Å²) < 4.78 is 22.0. The number of likely N-dealkylation sites (N-methyl/N-ethyl adjacent to an activating group) is 1. The Balaban J connectivity index is 3.40. The lowest BCUT2D eigenvalue weighted by Crippen LogP contribution is -2.37. The van der Waals surface area contributed by atoms with Crippen molar-refractivity contribution in [3.63, 3.8) is 0 Å². The van der Waals surface area contributed by atoms with Gasteiger partial charge in [-0.25, -0.2) is 0 Å². The fourth-order valence-corrected chi connectivity index (χ4v) is 4.39. The quantitative estimate of drug-likeness (QED) is 0.101. The van der Waals surface area contributed by atoms with E-state index in [-0.39, 0.29) is 13.2 Å². The minimum Gasteiger partial charge on any atom is -0.756 e. The molecule has 0 saturated heterocycles. The minimum absolute atomic E-state index is 0.0828. The first-order valence-electron chi connectivity index (χ1n) is 13.2. The molecule has 0 saturated carbocycles. The van der Waals surface area contributed by atoms with E-state index in [2.05, 4.69) is 6.92 Å². The highest BCUT2D eigenvalue weighted by molar-refractivity contribution is 7.45. The molecule has 2 unspecified atom stereocenters. The monoisotopic (exact) mass is 479 g/mol. The molecule has 0 aromatic rings. The lowest BCUT2D eigenvalue weighted by atomic mass is 10.0. The Labute approximate surface area is 199 Å². The van der Waals surface area contributed by atoms with Gasteiger partial charge in [0.2, 0.25) is 0 Å². The number of aliphatic hydroxyl groups is 1. The summed E-state index contributed by atoms with van der Waals surface area (Å²) in [4.78, 5) is 11.7. The molecule has 0 fully saturated rings. The highest BCUT2D eigenvalue weighted by Crippen LogP contribution is 2.38. The van der Waals surface area contributed by atoms with Crippen LogP contribution in [-0.4, -0.2) is 56.6 Å². The molecular weight excluding hydrogens is 425 g/mol. The molecule has 0 spiro atoms. The van der Waals surface area contributed by atoms with Gasteiger partial charge in [0.1, 0.15) is 13.2 Å². The number of aliphatic hydroxyl groups excluding tert-OH is 1. The summed E-state index contributed by atoms with van der Waals surface area (Å²) in [5.41, 5.74) is 0. The third-order valence-corrected chi connectivity index (χ3v) is 6.79. The Morgan fingerprint density at radius 2 is 1.16 bits per heavy atom. The van der Waals surface area contributed by atoms with Crippen LogP contribution in [0.3, 0.4) is 0 Å². The summed E-state index contributed by atoms with van der Waals surface area (Å²) in [7, 11) is 1.55. The molecule has 0 aliphatic carbocycles. The second kappa shape index (κ2) is 20.4. The molecule has 0 radical (unpaired) electrons. The van der Waals surface area contributed by atoms with Gasteiger partial charge in [0.15, 0.2) is 0 Å². The van der Waals surface area contributed by atoms with E-state index in [1.54, 1.807) is 0 Å². The van der Waals surface area contributed by atoms with Crippen LogP contribution in [-0.2, 0) is 13.6 Å². The van der Waals surface area contributed by atoms with Crippen LogP contribution >= 0.6 is 7.82 Å². The highest BCUT2D eigenvalue weighted by atomic mass is 31.2. The van der Waals surface area contributed by atoms with Crippen molar-refractivity contribution in [2.75, 3.05) is 40.9 Å². The predicted molar refractivity (Wildman–Crippen MR) is 133 cm³/mol. The molecule has 0 aliphatic rings. The maximum Gasteiger partial charge on any atom is 0.268 e. The molecule has 0 rings (SSSR count). The van der Waals surface area contributed by atoms with E-state index < -0.39 is 13.9 Å². The van der Waals surface area contributed by atoms with Crippen LogP contribution in [0.4, 0.5) is 0 Å². The number of unbranched alkanes of at least 4 members (excludes halogenated alkanes) is 15. The van der Waals surface area contributed by atoms with Gasteiger partial charge in [0.05, 0.1) is 33.9 Å². The normalized spacial score (nSPS) is 15.1. The summed E-state index contributed by atoms with van der Waals surface area (Å²) >= 11 is 0. The first-order chi connectivity index (χ1) is 15.2. The van der Waals surface area contributed by atoms with Gasteiger partial charge in [-0.1, -0.05) is 110 Å². The highest BCUT2D eigenvalue weighted by Gasteiger charge is 2.15. The molecule has 0 aromatic heterocycles. The van der Waals surface area contributed by atoms with Crippen molar-refractivity contribution >= 4 is 7.82 Å². The third-order valence-electron chi connectivity index (χ3n) is 5.83. The molecule has 0 bridgehead atoms. The molecule has 7 heteroatoms. The molecule has 0 heterocycles. The minimum atomic E-state index is -4.33. The molecule has 0 aliphatic heterocycles. The summed E-state index contributed by atoms with van der Waals surface area (Å²) in [6.07, 6.45) is 20.8. The first-order valence-corrected chi connectivity index (χ1v) is 14.7. The average molecular weight is 480 g/mol. The van der Waals surface area contributed by atoms with Gasteiger partial charge in [-0.2, -0.15) is 0 Å². The molecule has 32 heavy (non-hydrogen) atoms. The summed E-state index contributed by atoms with van der Waals surface area (Å²) in [5, 5.41) is 9.94. The molecule has 0 aromatic carbocycles. The second-order valence-electron chi connectivity index (χ2n) is 10.3. The van der Waals surface area contributed by atoms with Gasteiger partial charge >= 0.3 is 0 Å². The van der Waals surface area contributed by atoms with E-state index in [1.165, 1.54) is 89.9 Å². The van der Waals surface area contributed by atoms with Gasteiger partial charge < -0.3 is 23.5 Å². The lowest BCUT2D eigenvalue weighted by Gasteiger charge is -2.27. The topological polar surface area (TPSA) is 78.8 Å². The van der Waals surface area contributed by atoms with Gasteiger partial charge in [-0.15, -0.1) is 0 Å². The van der Waals surface area contributed by atoms with Crippen molar-refractivity contribution < 1.29 is 28.1 Å². The Hall–Kier alpha value is 0.0300. The number of phosphoric ester groups is 1. The first kappa shape index (κ1) is 32.0. The molecule has 2 atom stereocenters. The van der Waals surface area contributed by atoms with Crippen LogP contribution in [0.15, 0.2) is 0 Å². The van der Waals surface area contributed by atoms with E-state index in [1.807, 2.05) is 21.1 Å². The van der Waals surface area contributed by atoms with Crippen molar-refractivity contribution in [3.8, 4) is 0 Å². The average Bonchev–Trinajstić information content (AvgIpc) is 2.71. The predicted octanol–water partition coefficient (Wildman–Crippen LogP) is 6.21. The van der Waals surface area contributed by atoms with Crippen LogP contribution < -0.4 is 4.89 Å². The Morgan fingerprint density at radius 1 is 0.750 bits per heavy atom. The van der Waals surface area contributed by atoms with Crippen molar-refractivity contribution in [1.82, 2.24) is 0 Å². The lowest BCUT2D eigenvalue weighted by molar-refractivity contribution is -0.870.